The summed E-state index contributed by atoms with van der Waals surface area (Å²) in [6.45, 7) is 2.75. The van der Waals surface area contributed by atoms with E-state index in [0.29, 0.717) is 6.61 Å². The molecular weight excluding hydrogens is 202 g/mol. The molecule has 0 aliphatic carbocycles. The van der Waals surface area contributed by atoms with Gasteiger partial charge in [0, 0.05) is 6.42 Å². The van der Waals surface area contributed by atoms with Gasteiger partial charge in [0.05, 0.1) is 12.8 Å². The van der Waals surface area contributed by atoms with E-state index in [-0.39, 0.29) is 0 Å². The highest BCUT2D eigenvalue weighted by molar-refractivity contribution is 5.31. The van der Waals surface area contributed by atoms with Gasteiger partial charge < -0.3 is 9.15 Å². The first-order chi connectivity index (χ1) is 7.86. The van der Waals surface area contributed by atoms with E-state index in [9.17, 15) is 0 Å². The molecule has 1 heterocycles. The van der Waals surface area contributed by atoms with E-state index < -0.39 is 0 Å². The molecule has 0 aliphatic rings. The summed E-state index contributed by atoms with van der Waals surface area (Å²) >= 11 is 0. The number of hydrogen-bond donors (Lipinski definition) is 0. The van der Waals surface area contributed by atoms with Crippen LogP contribution in [0.5, 0.6) is 5.75 Å². The fourth-order valence-corrected chi connectivity index (χ4v) is 1.51. The van der Waals surface area contributed by atoms with Crippen molar-refractivity contribution in [3.05, 3.63) is 48.2 Å². The molecule has 3 heteroatoms. The fourth-order valence-electron chi connectivity index (χ4n) is 1.51. The van der Waals surface area contributed by atoms with E-state index in [1.807, 2.05) is 31.2 Å². The standard InChI is InChI=1S/C13H15NO2/c1-11-5-2-3-7-13(11)15-8-4-6-12-9-14-10-16-12/h2-3,5,7,9-10H,4,6,8H2,1H3. The van der Waals surface area contributed by atoms with E-state index >= 15 is 0 Å². The van der Waals surface area contributed by atoms with Crippen LogP contribution in [-0.2, 0) is 6.42 Å². The maximum Gasteiger partial charge on any atom is 0.180 e. The van der Waals surface area contributed by atoms with Crippen molar-refractivity contribution >= 4 is 0 Å². The predicted octanol–water partition coefficient (Wildman–Crippen LogP) is 2.99. The molecule has 1 aromatic carbocycles. The van der Waals surface area contributed by atoms with E-state index in [4.69, 9.17) is 9.15 Å². The molecule has 0 spiro atoms. The van der Waals surface area contributed by atoms with Crippen LogP contribution in [0.4, 0.5) is 0 Å². The topological polar surface area (TPSA) is 35.3 Å². The van der Waals surface area contributed by atoms with Crippen LogP contribution in [0.3, 0.4) is 0 Å². The van der Waals surface area contributed by atoms with Gasteiger partial charge in [-0.2, -0.15) is 0 Å². The van der Waals surface area contributed by atoms with Gasteiger partial charge in [-0.05, 0) is 25.0 Å². The summed E-state index contributed by atoms with van der Waals surface area (Å²) in [6, 6.07) is 8.03. The molecule has 0 saturated heterocycles. The van der Waals surface area contributed by atoms with Gasteiger partial charge in [0.1, 0.15) is 11.5 Å². The molecule has 0 unspecified atom stereocenters. The fraction of sp³-hybridized carbons (Fsp3) is 0.308. The van der Waals surface area contributed by atoms with Crippen molar-refractivity contribution in [2.75, 3.05) is 6.61 Å². The van der Waals surface area contributed by atoms with Crippen molar-refractivity contribution < 1.29 is 9.15 Å². The highest BCUT2D eigenvalue weighted by atomic mass is 16.5. The Morgan fingerprint density at radius 2 is 2.19 bits per heavy atom. The van der Waals surface area contributed by atoms with Gasteiger partial charge in [-0.1, -0.05) is 18.2 Å². The quantitative estimate of drug-likeness (QED) is 0.722. The summed E-state index contributed by atoms with van der Waals surface area (Å²) < 4.78 is 10.8. The van der Waals surface area contributed by atoms with Crippen molar-refractivity contribution in [1.29, 1.82) is 0 Å². The number of hydrogen-bond acceptors (Lipinski definition) is 3. The van der Waals surface area contributed by atoms with E-state index in [2.05, 4.69) is 4.98 Å². The van der Waals surface area contributed by atoms with E-state index in [1.165, 1.54) is 12.0 Å². The van der Waals surface area contributed by atoms with Crippen LogP contribution in [0.1, 0.15) is 17.7 Å². The minimum Gasteiger partial charge on any atom is -0.493 e. The van der Waals surface area contributed by atoms with Crippen molar-refractivity contribution in [3.63, 3.8) is 0 Å². The molecule has 3 nitrogen and oxygen atoms in total. The highest BCUT2D eigenvalue weighted by Crippen LogP contribution is 2.16. The molecule has 16 heavy (non-hydrogen) atoms. The smallest absolute Gasteiger partial charge is 0.180 e. The van der Waals surface area contributed by atoms with Gasteiger partial charge in [-0.15, -0.1) is 0 Å². The van der Waals surface area contributed by atoms with Crippen molar-refractivity contribution in [3.8, 4) is 5.75 Å². The lowest BCUT2D eigenvalue weighted by molar-refractivity contribution is 0.304. The van der Waals surface area contributed by atoms with Crippen LogP contribution in [0.2, 0.25) is 0 Å². The van der Waals surface area contributed by atoms with Gasteiger partial charge in [0.15, 0.2) is 6.39 Å². The lowest BCUT2D eigenvalue weighted by atomic mass is 10.2. The van der Waals surface area contributed by atoms with Crippen molar-refractivity contribution in [1.82, 2.24) is 4.98 Å². The number of para-hydroxylation sites is 1. The first-order valence-electron chi connectivity index (χ1n) is 5.42. The molecule has 84 valence electrons. The van der Waals surface area contributed by atoms with Gasteiger partial charge in [0.2, 0.25) is 0 Å². The van der Waals surface area contributed by atoms with Gasteiger partial charge in [0.25, 0.3) is 0 Å². The third-order valence-electron chi connectivity index (χ3n) is 2.40. The molecule has 0 atom stereocenters. The van der Waals surface area contributed by atoms with Crippen LogP contribution in [0.25, 0.3) is 0 Å². The summed E-state index contributed by atoms with van der Waals surface area (Å²) in [5.74, 6) is 1.87. The second-order valence-electron chi connectivity index (χ2n) is 3.69. The second-order valence-corrected chi connectivity index (χ2v) is 3.69. The Morgan fingerprint density at radius 3 is 2.94 bits per heavy atom. The Bertz CT molecular complexity index is 423. The minimum absolute atomic E-state index is 0.700. The molecule has 2 rings (SSSR count). The molecule has 0 fully saturated rings. The zero-order valence-electron chi connectivity index (χ0n) is 9.35. The Hall–Kier alpha value is -1.77. The molecule has 0 bridgehead atoms. The molecule has 0 saturated carbocycles. The summed E-state index contributed by atoms with van der Waals surface area (Å²) in [7, 11) is 0. The number of aromatic nitrogens is 1. The third kappa shape index (κ3) is 2.86. The summed E-state index contributed by atoms with van der Waals surface area (Å²) in [4.78, 5) is 3.87. The summed E-state index contributed by atoms with van der Waals surface area (Å²) in [5.41, 5.74) is 1.17. The van der Waals surface area contributed by atoms with Gasteiger partial charge in [-0.3, -0.25) is 0 Å². The molecule has 0 aliphatic heterocycles. The SMILES string of the molecule is Cc1ccccc1OCCCc1cnco1. The lowest BCUT2D eigenvalue weighted by Gasteiger charge is -2.07. The average Bonchev–Trinajstić information content (AvgIpc) is 2.79. The Kier molecular flexibility index (Phi) is 3.59. The Balaban J connectivity index is 1.74. The van der Waals surface area contributed by atoms with Crippen molar-refractivity contribution in [2.45, 2.75) is 19.8 Å². The van der Waals surface area contributed by atoms with E-state index in [0.717, 1.165) is 24.4 Å². The summed E-state index contributed by atoms with van der Waals surface area (Å²) in [6.07, 6.45) is 5.00. The molecule has 1 aromatic heterocycles. The first kappa shape index (κ1) is 10.7. The number of rotatable bonds is 5. The average molecular weight is 217 g/mol. The maximum absolute atomic E-state index is 5.67. The molecule has 0 N–H and O–H groups in total. The number of oxazole rings is 1. The zero-order valence-corrected chi connectivity index (χ0v) is 9.35. The molecule has 0 amide bonds. The van der Waals surface area contributed by atoms with Gasteiger partial charge in [-0.25, -0.2) is 4.98 Å². The summed E-state index contributed by atoms with van der Waals surface area (Å²) in [5, 5.41) is 0. The van der Waals surface area contributed by atoms with Crippen LogP contribution >= 0.6 is 0 Å². The largest absolute Gasteiger partial charge is 0.493 e. The third-order valence-corrected chi connectivity index (χ3v) is 2.40. The zero-order chi connectivity index (χ0) is 11.2. The van der Waals surface area contributed by atoms with Gasteiger partial charge >= 0.3 is 0 Å². The first-order valence-corrected chi connectivity index (χ1v) is 5.42. The van der Waals surface area contributed by atoms with Crippen LogP contribution in [0.15, 0.2) is 41.3 Å². The monoisotopic (exact) mass is 217 g/mol. The minimum atomic E-state index is 0.700. The lowest BCUT2D eigenvalue weighted by Crippen LogP contribution is -2.00. The van der Waals surface area contributed by atoms with Crippen LogP contribution < -0.4 is 4.74 Å². The highest BCUT2D eigenvalue weighted by Gasteiger charge is 1.99. The number of benzene rings is 1. The molecule has 2 aromatic rings. The van der Waals surface area contributed by atoms with E-state index in [1.54, 1.807) is 6.20 Å². The van der Waals surface area contributed by atoms with Crippen molar-refractivity contribution in [2.24, 2.45) is 0 Å². The maximum atomic E-state index is 5.67. The Morgan fingerprint density at radius 1 is 1.31 bits per heavy atom. The molecule has 0 radical (unpaired) electrons. The molecular formula is C13H15NO2. The number of aryl methyl sites for hydroxylation is 2. The Labute approximate surface area is 95.1 Å². The van der Waals surface area contributed by atoms with Crippen LogP contribution in [-0.4, -0.2) is 11.6 Å². The normalized spacial score (nSPS) is 10.3. The second kappa shape index (κ2) is 5.35. The number of nitrogens with zero attached hydrogens (tertiary/aromatic N) is 1. The van der Waals surface area contributed by atoms with Crippen LogP contribution in [0, 0.1) is 6.92 Å². The number of ether oxygens (including phenoxy) is 1. The predicted molar refractivity (Wildman–Crippen MR) is 61.5 cm³/mol.